The molecule has 3 rings (SSSR count). The maximum absolute atomic E-state index is 12.7. The average Bonchev–Trinajstić information content (AvgIpc) is 2.82. The van der Waals surface area contributed by atoms with Gasteiger partial charge in [0.2, 0.25) is 17.5 Å². The van der Waals surface area contributed by atoms with Crippen molar-refractivity contribution < 1.29 is 14.4 Å². The molecule has 1 aromatic carbocycles. The summed E-state index contributed by atoms with van der Waals surface area (Å²) in [6.07, 6.45) is 1.12. The van der Waals surface area contributed by atoms with Crippen LogP contribution in [0.25, 0.3) is 0 Å². The third-order valence-electron chi connectivity index (χ3n) is 5.39. The molecule has 1 N–H and O–H groups in total. The molecule has 0 aromatic heterocycles. The number of amides is 1. The maximum Gasteiger partial charge on any atom is 0.235 e. The van der Waals surface area contributed by atoms with E-state index in [1.165, 1.54) is 0 Å². The van der Waals surface area contributed by atoms with Crippen LogP contribution in [0.3, 0.4) is 0 Å². The first-order chi connectivity index (χ1) is 9.91. The van der Waals surface area contributed by atoms with Gasteiger partial charge in [-0.1, -0.05) is 44.2 Å². The summed E-state index contributed by atoms with van der Waals surface area (Å²) in [6.45, 7) is 4.12. The van der Waals surface area contributed by atoms with E-state index in [1.54, 1.807) is 0 Å². The van der Waals surface area contributed by atoms with Gasteiger partial charge >= 0.3 is 0 Å². The largest absolute Gasteiger partial charge is 0.351 e. The molecular weight excluding hydrogens is 266 g/mol. The number of fused-ring (bicyclic) bond motifs is 2. The van der Waals surface area contributed by atoms with Gasteiger partial charge in [-0.25, -0.2) is 0 Å². The highest BCUT2D eigenvalue weighted by Crippen LogP contribution is 2.62. The third kappa shape index (κ3) is 1.71. The lowest BCUT2D eigenvalue weighted by Gasteiger charge is -2.33. The van der Waals surface area contributed by atoms with E-state index in [4.69, 9.17) is 0 Å². The van der Waals surface area contributed by atoms with Gasteiger partial charge in [-0.2, -0.15) is 0 Å². The number of rotatable bonds is 3. The molecule has 0 radical (unpaired) electrons. The normalized spacial score (nSPS) is 29.7. The van der Waals surface area contributed by atoms with E-state index >= 15 is 0 Å². The summed E-state index contributed by atoms with van der Waals surface area (Å²) in [4.78, 5) is 37.1. The Morgan fingerprint density at radius 3 is 2.48 bits per heavy atom. The molecule has 2 aliphatic rings. The van der Waals surface area contributed by atoms with Crippen molar-refractivity contribution in [2.75, 3.05) is 0 Å². The van der Waals surface area contributed by atoms with Gasteiger partial charge in [0, 0.05) is 12.5 Å². The van der Waals surface area contributed by atoms with Crippen molar-refractivity contribution in [1.82, 2.24) is 5.32 Å². The Morgan fingerprint density at radius 2 is 1.90 bits per heavy atom. The first-order valence-corrected chi connectivity index (χ1v) is 7.32. The van der Waals surface area contributed by atoms with Crippen molar-refractivity contribution in [3.05, 3.63) is 35.9 Å². The molecular formula is C17H19NO3. The van der Waals surface area contributed by atoms with Gasteiger partial charge in [0.05, 0.1) is 0 Å². The molecule has 0 unspecified atom stereocenters. The molecule has 110 valence electrons. The molecule has 4 nitrogen and oxygen atoms in total. The Morgan fingerprint density at radius 1 is 1.24 bits per heavy atom. The average molecular weight is 285 g/mol. The number of carbonyl (C=O) groups is 3. The van der Waals surface area contributed by atoms with E-state index < -0.39 is 16.6 Å². The van der Waals surface area contributed by atoms with Gasteiger partial charge in [-0.05, 0) is 23.8 Å². The highest BCUT2D eigenvalue weighted by atomic mass is 16.2. The first-order valence-electron chi connectivity index (χ1n) is 7.32. The smallest absolute Gasteiger partial charge is 0.235 e. The van der Waals surface area contributed by atoms with Crippen LogP contribution in [0.15, 0.2) is 30.3 Å². The Kier molecular flexibility index (Phi) is 3.01. The summed E-state index contributed by atoms with van der Waals surface area (Å²) in [5.74, 6) is -1.45. The van der Waals surface area contributed by atoms with Crippen LogP contribution >= 0.6 is 0 Å². The zero-order valence-corrected chi connectivity index (χ0v) is 12.3. The van der Waals surface area contributed by atoms with Gasteiger partial charge in [0.1, 0.15) is 5.41 Å². The van der Waals surface area contributed by atoms with Crippen LogP contribution in [0.1, 0.15) is 32.3 Å². The van der Waals surface area contributed by atoms with Crippen molar-refractivity contribution in [2.45, 2.75) is 33.2 Å². The fourth-order valence-corrected chi connectivity index (χ4v) is 4.01. The highest BCUT2D eigenvalue weighted by molar-refractivity contribution is 6.47. The predicted octanol–water partition coefficient (Wildman–Crippen LogP) is 1.88. The Hall–Kier alpha value is -1.97. The summed E-state index contributed by atoms with van der Waals surface area (Å²) in [5, 5.41) is 2.85. The second-order valence-electron chi connectivity index (χ2n) is 6.58. The molecule has 4 heteroatoms. The van der Waals surface area contributed by atoms with Crippen molar-refractivity contribution in [1.29, 1.82) is 0 Å². The van der Waals surface area contributed by atoms with Crippen LogP contribution in [-0.2, 0) is 20.9 Å². The highest BCUT2D eigenvalue weighted by Gasteiger charge is 2.72. The Bertz CT molecular complexity index is 620. The molecule has 1 amide bonds. The fraction of sp³-hybridized carbons (Fsp3) is 0.471. The number of ketones is 2. The van der Waals surface area contributed by atoms with Gasteiger partial charge in [0.15, 0.2) is 0 Å². The summed E-state index contributed by atoms with van der Waals surface area (Å²) in [5.41, 5.74) is -0.766. The van der Waals surface area contributed by atoms with Crippen molar-refractivity contribution >= 4 is 17.5 Å². The quantitative estimate of drug-likeness (QED) is 0.681. The molecule has 2 saturated carbocycles. The van der Waals surface area contributed by atoms with Gasteiger partial charge in [-0.15, -0.1) is 0 Å². The Balaban J connectivity index is 1.83. The number of benzene rings is 1. The molecule has 0 heterocycles. The zero-order valence-electron chi connectivity index (χ0n) is 12.3. The minimum atomic E-state index is -1.16. The molecule has 0 spiro atoms. The number of carbonyl (C=O) groups excluding carboxylic acids is 3. The maximum atomic E-state index is 12.7. The lowest BCUT2D eigenvalue weighted by molar-refractivity contribution is -0.149. The summed E-state index contributed by atoms with van der Waals surface area (Å²) < 4.78 is 0. The zero-order chi connectivity index (χ0) is 15.3. The molecule has 2 atom stereocenters. The van der Waals surface area contributed by atoms with Crippen LogP contribution < -0.4 is 5.32 Å². The molecule has 21 heavy (non-hydrogen) atoms. The van der Waals surface area contributed by atoms with E-state index in [0.29, 0.717) is 19.4 Å². The summed E-state index contributed by atoms with van der Waals surface area (Å²) in [6, 6.07) is 9.55. The van der Waals surface area contributed by atoms with Crippen molar-refractivity contribution in [3.8, 4) is 0 Å². The second-order valence-corrected chi connectivity index (χ2v) is 6.58. The molecule has 2 bridgehead atoms. The van der Waals surface area contributed by atoms with Gasteiger partial charge in [-0.3, -0.25) is 14.4 Å². The summed E-state index contributed by atoms with van der Waals surface area (Å²) >= 11 is 0. The molecule has 0 aliphatic heterocycles. The lowest BCUT2D eigenvalue weighted by atomic mass is 9.68. The number of nitrogens with one attached hydrogen (secondary N) is 1. The lowest BCUT2D eigenvalue weighted by Crippen LogP contribution is -2.50. The minimum Gasteiger partial charge on any atom is -0.351 e. The number of Topliss-reactive ketones (excluding diaryl/α,β-unsaturated/α-hetero) is 2. The number of hydrogen-bond donors (Lipinski definition) is 1. The topological polar surface area (TPSA) is 63.2 Å². The van der Waals surface area contributed by atoms with E-state index in [-0.39, 0.29) is 17.6 Å². The van der Waals surface area contributed by atoms with E-state index in [9.17, 15) is 14.4 Å². The minimum absolute atomic E-state index is 0.297. The van der Waals surface area contributed by atoms with Crippen LogP contribution in [0.5, 0.6) is 0 Å². The fourth-order valence-electron chi connectivity index (χ4n) is 4.01. The summed E-state index contributed by atoms with van der Waals surface area (Å²) in [7, 11) is 0. The molecule has 2 aliphatic carbocycles. The van der Waals surface area contributed by atoms with Crippen LogP contribution in [-0.4, -0.2) is 17.5 Å². The first kappa shape index (κ1) is 14.0. The molecule has 2 fully saturated rings. The van der Waals surface area contributed by atoms with E-state index in [1.807, 2.05) is 44.2 Å². The Labute approximate surface area is 123 Å². The van der Waals surface area contributed by atoms with Crippen molar-refractivity contribution in [3.63, 3.8) is 0 Å². The molecule has 1 aromatic rings. The van der Waals surface area contributed by atoms with Gasteiger partial charge in [0.25, 0.3) is 0 Å². The SMILES string of the molecule is CC1(C)[C@@H]2CC[C@]1(C(=O)NCc1ccccc1)C(=O)C2=O. The van der Waals surface area contributed by atoms with Gasteiger partial charge < -0.3 is 5.32 Å². The standard InChI is InChI=1S/C17H19NO3/c1-16(2)12-8-9-17(16,14(20)13(12)19)15(21)18-10-11-6-4-3-5-7-11/h3-7,12H,8-10H2,1-2H3,(H,18,21)/t12-,17-/m1/s1. The molecule has 0 saturated heterocycles. The predicted molar refractivity (Wildman–Crippen MR) is 77.2 cm³/mol. The van der Waals surface area contributed by atoms with Crippen molar-refractivity contribution in [2.24, 2.45) is 16.7 Å². The van der Waals surface area contributed by atoms with Crippen LogP contribution in [0.4, 0.5) is 0 Å². The number of hydrogen-bond acceptors (Lipinski definition) is 3. The van der Waals surface area contributed by atoms with E-state index in [0.717, 1.165) is 5.56 Å². The van der Waals surface area contributed by atoms with Crippen LogP contribution in [0.2, 0.25) is 0 Å². The second kappa shape index (κ2) is 4.52. The van der Waals surface area contributed by atoms with E-state index in [2.05, 4.69) is 5.32 Å². The third-order valence-corrected chi connectivity index (χ3v) is 5.39. The van der Waals surface area contributed by atoms with Crippen LogP contribution in [0, 0.1) is 16.7 Å². The monoisotopic (exact) mass is 285 g/mol.